The second-order valence-electron chi connectivity index (χ2n) is 4.78. The van der Waals surface area contributed by atoms with Crippen molar-refractivity contribution >= 4 is 10.0 Å². The van der Waals surface area contributed by atoms with Gasteiger partial charge in [0.05, 0.1) is 18.6 Å². The predicted molar refractivity (Wildman–Crippen MR) is 71.4 cm³/mol. The maximum Gasteiger partial charge on any atom is 0.240 e. The SMILES string of the molecule is COc1ccc(S(=O)(=O)NCC2CCC2)cc1CO. The summed E-state index contributed by atoms with van der Waals surface area (Å²) < 4.78 is 31.9. The lowest BCUT2D eigenvalue weighted by Gasteiger charge is -2.25. The fourth-order valence-corrected chi connectivity index (χ4v) is 3.22. The van der Waals surface area contributed by atoms with E-state index in [4.69, 9.17) is 4.74 Å². The normalized spacial score (nSPS) is 16.1. The van der Waals surface area contributed by atoms with E-state index < -0.39 is 10.0 Å². The van der Waals surface area contributed by atoms with Crippen molar-refractivity contribution in [2.45, 2.75) is 30.8 Å². The summed E-state index contributed by atoms with van der Waals surface area (Å²) in [5.41, 5.74) is 0.467. The number of sulfonamides is 1. The van der Waals surface area contributed by atoms with Crippen LogP contribution in [0, 0.1) is 5.92 Å². The van der Waals surface area contributed by atoms with E-state index in [1.165, 1.54) is 25.7 Å². The zero-order chi connectivity index (χ0) is 13.9. The Kier molecular flexibility index (Phi) is 4.44. The average molecular weight is 285 g/mol. The van der Waals surface area contributed by atoms with Crippen LogP contribution in [0.15, 0.2) is 23.1 Å². The van der Waals surface area contributed by atoms with Gasteiger partial charge in [-0.25, -0.2) is 13.1 Å². The molecule has 1 aliphatic rings. The van der Waals surface area contributed by atoms with Gasteiger partial charge in [-0.15, -0.1) is 0 Å². The molecule has 0 spiro atoms. The van der Waals surface area contributed by atoms with E-state index in [1.807, 2.05) is 0 Å². The highest BCUT2D eigenvalue weighted by Gasteiger charge is 2.21. The lowest BCUT2D eigenvalue weighted by atomic mass is 9.86. The highest BCUT2D eigenvalue weighted by molar-refractivity contribution is 7.89. The Balaban J connectivity index is 2.14. The van der Waals surface area contributed by atoms with Crippen LogP contribution in [0.5, 0.6) is 5.75 Å². The van der Waals surface area contributed by atoms with Crippen LogP contribution in [0.2, 0.25) is 0 Å². The first-order chi connectivity index (χ1) is 9.06. The van der Waals surface area contributed by atoms with Crippen molar-refractivity contribution in [2.24, 2.45) is 5.92 Å². The van der Waals surface area contributed by atoms with Crippen molar-refractivity contribution in [3.05, 3.63) is 23.8 Å². The summed E-state index contributed by atoms with van der Waals surface area (Å²) >= 11 is 0. The van der Waals surface area contributed by atoms with E-state index in [0.29, 0.717) is 23.8 Å². The molecule has 106 valence electrons. The van der Waals surface area contributed by atoms with Crippen LogP contribution in [0.3, 0.4) is 0 Å². The topological polar surface area (TPSA) is 75.6 Å². The Hall–Kier alpha value is -1.11. The first-order valence-corrected chi connectivity index (χ1v) is 7.82. The van der Waals surface area contributed by atoms with Crippen LogP contribution in [0.1, 0.15) is 24.8 Å². The molecule has 0 saturated heterocycles. The van der Waals surface area contributed by atoms with E-state index in [1.54, 1.807) is 6.07 Å². The summed E-state index contributed by atoms with van der Waals surface area (Å²) in [5.74, 6) is 0.950. The number of aliphatic hydroxyl groups excluding tert-OH is 1. The molecule has 6 heteroatoms. The highest BCUT2D eigenvalue weighted by atomic mass is 32.2. The first-order valence-electron chi connectivity index (χ1n) is 6.34. The molecule has 5 nitrogen and oxygen atoms in total. The number of ether oxygens (including phenoxy) is 1. The molecule has 1 fully saturated rings. The quantitative estimate of drug-likeness (QED) is 0.825. The number of hydrogen-bond donors (Lipinski definition) is 2. The van der Waals surface area contributed by atoms with E-state index in [2.05, 4.69) is 4.72 Å². The van der Waals surface area contributed by atoms with Crippen molar-refractivity contribution in [2.75, 3.05) is 13.7 Å². The summed E-state index contributed by atoms with van der Waals surface area (Å²) in [6.07, 6.45) is 3.36. The van der Waals surface area contributed by atoms with Gasteiger partial charge < -0.3 is 9.84 Å². The fraction of sp³-hybridized carbons (Fsp3) is 0.538. The standard InChI is InChI=1S/C13H19NO4S/c1-18-13-6-5-12(7-11(13)9-15)19(16,17)14-8-10-3-2-4-10/h5-7,10,14-15H,2-4,8-9H2,1H3. The van der Waals surface area contributed by atoms with Gasteiger partial charge in [-0.2, -0.15) is 0 Å². The summed E-state index contributed by atoms with van der Waals surface area (Å²) in [7, 11) is -2.02. The zero-order valence-electron chi connectivity index (χ0n) is 10.9. The molecule has 0 bridgehead atoms. The van der Waals surface area contributed by atoms with Gasteiger partial charge in [0.15, 0.2) is 0 Å². The lowest BCUT2D eigenvalue weighted by Crippen LogP contribution is -2.32. The molecule has 0 aromatic heterocycles. The molecule has 1 saturated carbocycles. The third-order valence-corrected chi connectivity index (χ3v) is 4.94. The van der Waals surface area contributed by atoms with Gasteiger partial charge in [-0.05, 0) is 37.0 Å². The second-order valence-corrected chi connectivity index (χ2v) is 6.55. The van der Waals surface area contributed by atoms with Crippen molar-refractivity contribution in [3.8, 4) is 5.75 Å². The van der Waals surface area contributed by atoms with Crippen molar-refractivity contribution in [1.29, 1.82) is 0 Å². The van der Waals surface area contributed by atoms with Gasteiger partial charge in [-0.3, -0.25) is 0 Å². The molecule has 1 aromatic carbocycles. The molecule has 2 rings (SSSR count). The molecule has 0 unspecified atom stereocenters. The highest BCUT2D eigenvalue weighted by Crippen LogP contribution is 2.26. The summed E-state index contributed by atoms with van der Waals surface area (Å²) in [4.78, 5) is 0.164. The Bertz CT molecular complexity index is 538. The molecular weight excluding hydrogens is 266 g/mol. The van der Waals surface area contributed by atoms with Gasteiger partial charge in [0.25, 0.3) is 0 Å². The van der Waals surface area contributed by atoms with E-state index in [9.17, 15) is 13.5 Å². The van der Waals surface area contributed by atoms with Crippen LogP contribution < -0.4 is 9.46 Å². The van der Waals surface area contributed by atoms with E-state index in [-0.39, 0.29) is 11.5 Å². The van der Waals surface area contributed by atoms with Crippen LogP contribution in [0.4, 0.5) is 0 Å². The molecule has 0 amide bonds. The van der Waals surface area contributed by atoms with Crippen LogP contribution in [0.25, 0.3) is 0 Å². The third-order valence-electron chi connectivity index (χ3n) is 3.52. The number of rotatable bonds is 6. The molecule has 2 N–H and O–H groups in total. The molecule has 0 aliphatic heterocycles. The van der Waals surface area contributed by atoms with Crippen LogP contribution in [-0.4, -0.2) is 27.2 Å². The molecule has 1 aliphatic carbocycles. The van der Waals surface area contributed by atoms with Crippen LogP contribution in [-0.2, 0) is 16.6 Å². The molecule has 0 heterocycles. The minimum absolute atomic E-state index is 0.164. The summed E-state index contributed by atoms with van der Waals surface area (Å²) in [5, 5.41) is 9.21. The van der Waals surface area contributed by atoms with Gasteiger partial charge >= 0.3 is 0 Å². The molecule has 1 aromatic rings. The fourth-order valence-electron chi connectivity index (χ4n) is 2.05. The van der Waals surface area contributed by atoms with Gasteiger partial charge in [0.1, 0.15) is 5.75 Å². The Morgan fingerprint density at radius 2 is 2.16 bits per heavy atom. The average Bonchev–Trinajstić information content (AvgIpc) is 2.35. The van der Waals surface area contributed by atoms with Crippen molar-refractivity contribution in [3.63, 3.8) is 0 Å². The van der Waals surface area contributed by atoms with Crippen LogP contribution >= 0.6 is 0 Å². The first kappa shape index (κ1) is 14.3. The summed E-state index contributed by atoms with van der Waals surface area (Å²) in [6.45, 7) is 0.234. The van der Waals surface area contributed by atoms with Gasteiger partial charge in [-0.1, -0.05) is 6.42 Å². The largest absolute Gasteiger partial charge is 0.496 e. The Morgan fingerprint density at radius 3 is 2.68 bits per heavy atom. The second kappa shape index (κ2) is 5.90. The smallest absolute Gasteiger partial charge is 0.240 e. The number of hydrogen-bond acceptors (Lipinski definition) is 4. The van der Waals surface area contributed by atoms with Crippen molar-refractivity contribution < 1.29 is 18.3 Å². The van der Waals surface area contributed by atoms with Gasteiger partial charge in [0, 0.05) is 12.1 Å². The van der Waals surface area contributed by atoms with E-state index in [0.717, 1.165) is 12.8 Å². The molecular formula is C13H19NO4S. The lowest BCUT2D eigenvalue weighted by molar-refractivity contribution is 0.273. The molecule has 0 atom stereocenters. The zero-order valence-corrected chi connectivity index (χ0v) is 11.7. The minimum atomic E-state index is -3.51. The Labute approximate surface area is 113 Å². The number of methoxy groups -OCH3 is 1. The van der Waals surface area contributed by atoms with E-state index >= 15 is 0 Å². The van der Waals surface area contributed by atoms with Gasteiger partial charge in [0.2, 0.25) is 10.0 Å². The number of benzene rings is 1. The maximum atomic E-state index is 12.1. The molecule has 19 heavy (non-hydrogen) atoms. The number of aliphatic hydroxyl groups is 1. The Morgan fingerprint density at radius 1 is 1.42 bits per heavy atom. The molecule has 0 radical (unpaired) electrons. The number of nitrogens with one attached hydrogen (secondary N) is 1. The summed E-state index contributed by atoms with van der Waals surface area (Å²) in [6, 6.07) is 4.49. The minimum Gasteiger partial charge on any atom is -0.496 e. The maximum absolute atomic E-state index is 12.1. The third kappa shape index (κ3) is 3.26. The predicted octanol–water partition coefficient (Wildman–Crippen LogP) is 1.27. The van der Waals surface area contributed by atoms with Crippen molar-refractivity contribution in [1.82, 2.24) is 4.72 Å². The monoisotopic (exact) mass is 285 g/mol.